The fourth-order valence-electron chi connectivity index (χ4n) is 5.74. The van der Waals surface area contributed by atoms with Crippen LogP contribution in [-0.2, 0) is 18.3 Å². The van der Waals surface area contributed by atoms with E-state index in [4.69, 9.17) is 10.2 Å². The van der Waals surface area contributed by atoms with Gasteiger partial charge < -0.3 is 0 Å². The van der Waals surface area contributed by atoms with Gasteiger partial charge in [-0.15, -0.1) is 15.8 Å². The van der Waals surface area contributed by atoms with Crippen molar-refractivity contribution in [3.63, 3.8) is 0 Å². The molecule has 0 radical (unpaired) electrons. The average Bonchev–Trinajstić information content (AvgIpc) is 2.70. The molecule has 0 spiro atoms. The van der Waals surface area contributed by atoms with E-state index < -0.39 is 0 Å². The molecule has 5 heteroatoms. The summed E-state index contributed by atoms with van der Waals surface area (Å²) in [5.41, 5.74) is 0.0104. The molecular formula is C23H45ClNiOP2. The van der Waals surface area contributed by atoms with E-state index >= 15 is 0 Å². The van der Waals surface area contributed by atoms with Gasteiger partial charge in [0, 0.05) is 0 Å². The van der Waals surface area contributed by atoms with Gasteiger partial charge in [0.25, 0.3) is 0 Å². The summed E-state index contributed by atoms with van der Waals surface area (Å²) in [5.74, 6) is 2.54. The van der Waals surface area contributed by atoms with Gasteiger partial charge in [-0.1, -0.05) is 41.5 Å². The predicted octanol–water partition coefficient (Wildman–Crippen LogP) is 8.02. The van der Waals surface area contributed by atoms with Crippen molar-refractivity contribution >= 4 is 30.8 Å². The van der Waals surface area contributed by atoms with Crippen LogP contribution in [0.1, 0.15) is 80.1 Å². The van der Waals surface area contributed by atoms with E-state index in [0.717, 1.165) is 50.6 Å². The van der Waals surface area contributed by atoms with Crippen LogP contribution in [0.4, 0.5) is 0 Å². The molecule has 4 fully saturated rings. The van der Waals surface area contributed by atoms with Crippen molar-refractivity contribution in [3.8, 4) is 0 Å². The van der Waals surface area contributed by atoms with Crippen LogP contribution in [0, 0.1) is 23.2 Å². The summed E-state index contributed by atoms with van der Waals surface area (Å²) < 4.78 is 0.283. The Morgan fingerprint density at radius 1 is 0.750 bits per heavy atom. The van der Waals surface area contributed by atoms with Crippen molar-refractivity contribution in [3.05, 3.63) is 0 Å². The summed E-state index contributed by atoms with van der Waals surface area (Å²) in [4.78, 5) is 11.9. The van der Waals surface area contributed by atoms with E-state index in [-0.39, 0.29) is 10.2 Å². The van der Waals surface area contributed by atoms with E-state index in [1.54, 1.807) is 0 Å². The normalized spacial score (nSPS) is 30.1. The van der Waals surface area contributed by atoms with Gasteiger partial charge in [0.15, 0.2) is 0 Å². The Balaban J connectivity index is 0.000000240. The van der Waals surface area contributed by atoms with Crippen molar-refractivity contribution in [2.75, 3.05) is 37.0 Å². The average molecular weight is 494 g/mol. The Morgan fingerprint density at radius 2 is 1.04 bits per heavy atom. The van der Waals surface area contributed by atoms with Gasteiger partial charge in [-0.2, -0.15) is 0 Å². The van der Waals surface area contributed by atoms with E-state index in [2.05, 4.69) is 41.5 Å². The molecule has 4 saturated carbocycles. The van der Waals surface area contributed by atoms with Gasteiger partial charge in [-0.3, -0.25) is 0 Å². The molecule has 0 aromatic carbocycles. The van der Waals surface area contributed by atoms with Gasteiger partial charge in [0.2, 0.25) is 0 Å². The van der Waals surface area contributed by atoms with Crippen molar-refractivity contribution in [1.82, 2.24) is 0 Å². The molecular weight excluding hydrogens is 448 g/mol. The molecule has 0 aromatic heterocycles. The van der Waals surface area contributed by atoms with Gasteiger partial charge >= 0.3 is 95.0 Å². The van der Waals surface area contributed by atoms with E-state index in [0.29, 0.717) is 15.8 Å². The van der Waals surface area contributed by atoms with Crippen LogP contribution in [0.15, 0.2) is 0 Å². The zero-order chi connectivity index (χ0) is 21.2. The van der Waals surface area contributed by atoms with Crippen LogP contribution < -0.4 is 0 Å². The van der Waals surface area contributed by atoms with Gasteiger partial charge in [-0.05, 0) is 37.0 Å². The van der Waals surface area contributed by atoms with Crippen molar-refractivity contribution in [2.24, 2.45) is 23.2 Å². The number of carbonyl (C=O) groups is 1. The van der Waals surface area contributed by atoms with Crippen molar-refractivity contribution < 1.29 is 18.3 Å². The molecule has 0 aliphatic heterocycles. The van der Waals surface area contributed by atoms with E-state index in [1.165, 1.54) is 56.2 Å². The summed E-state index contributed by atoms with van der Waals surface area (Å²) in [6.45, 7) is 13.7. The Kier molecular flexibility index (Phi) is 14.1. The zero-order valence-electron chi connectivity index (χ0n) is 19.2. The summed E-state index contributed by atoms with van der Waals surface area (Å²) in [6.07, 6.45) is 16.1. The van der Waals surface area contributed by atoms with Crippen LogP contribution in [0.5, 0.6) is 0 Å². The third-order valence-corrected chi connectivity index (χ3v) is 13.7. The minimum atomic E-state index is 0.0104. The molecule has 0 saturated heterocycles. The Bertz CT molecular complexity index is 380. The van der Waals surface area contributed by atoms with Crippen LogP contribution in [0.3, 0.4) is 0 Å². The first kappa shape index (κ1) is 27.3. The zero-order valence-corrected chi connectivity index (χ0v) is 22.7. The molecule has 0 N–H and O–H groups in total. The van der Waals surface area contributed by atoms with Crippen molar-refractivity contribution in [2.45, 2.75) is 80.1 Å². The monoisotopic (exact) mass is 492 g/mol. The first-order chi connectivity index (χ1) is 13.4. The number of halogens is 1. The topological polar surface area (TPSA) is 17.1 Å². The minimum absolute atomic E-state index is 0.0104. The van der Waals surface area contributed by atoms with Crippen LogP contribution >= 0.6 is 26.0 Å². The summed E-state index contributed by atoms with van der Waals surface area (Å²) in [7, 11) is 6.57. The van der Waals surface area contributed by atoms with Crippen LogP contribution in [0.2, 0.25) is 0 Å². The maximum atomic E-state index is 11.9. The predicted molar refractivity (Wildman–Crippen MR) is 129 cm³/mol. The standard InChI is InChI=1S/C11H15O.2C6H15P.ClH.Ni/c12-7-11-4-8-1-9(5-11)3-10(2-8)6-11;2*1-4-7(5-2)6-3;;/h8-10H,1-6H2;2*4-6H2,1-3H3;1H;/q;;;;+1/p-1. The molecule has 28 heavy (non-hydrogen) atoms. The fraction of sp³-hybridized carbons (Fsp3) is 0.957. The number of hydrogen-bond acceptors (Lipinski definition) is 1. The third-order valence-electron chi connectivity index (χ3n) is 7.16. The second kappa shape index (κ2) is 14.4. The molecule has 0 amide bonds. The van der Waals surface area contributed by atoms with Crippen molar-refractivity contribution in [1.29, 1.82) is 0 Å². The quantitative estimate of drug-likeness (QED) is 0.247. The molecule has 4 aliphatic rings. The molecule has 0 aromatic rings. The molecule has 0 atom stereocenters. The Morgan fingerprint density at radius 3 is 1.21 bits per heavy atom. The van der Waals surface area contributed by atoms with Gasteiger partial charge in [0.1, 0.15) is 0 Å². The van der Waals surface area contributed by atoms with Crippen LogP contribution in [-0.4, -0.2) is 41.7 Å². The summed E-state index contributed by atoms with van der Waals surface area (Å²) in [5, 5.41) is 0. The molecule has 1 nitrogen and oxygen atoms in total. The van der Waals surface area contributed by atoms with Gasteiger partial charge in [-0.25, -0.2) is 0 Å². The van der Waals surface area contributed by atoms with Crippen LogP contribution in [0.25, 0.3) is 0 Å². The Hall–Kier alpha value is 1.31. The molecule has 0 unspecified atom stereocenters. The van der Waals surface area contributed by atoms with E-state index in [1.807, 2.05) is 0 Å². The molecule has 4 bridgehead atoms. The SMILES string of the molecule is CCP(CC)CC.CCP(CC)CC.O=[C]([Ni][Cl])C12CC3CC(CC(C3)C1)C2. The maximum absolute atomic E-state index is 11.9. The fourth-order valence-corrected chi connectivity index (χ4v) is 9.44. The molecule has 4 aliphatic carbocycles. The third kappa shape index (κ3) is 8.10. The Labute approximate surface area is 188 Å². The first-order valence-corrected chi connectivity index (χ1v) is 17.3. The number of carbonyl (C=O) groups excluding carboxylic acids is 1. The molecule has 0 heterocycles. The molecule has 4 rings (SSSR count). The number of rotatable bonds is 8. The molecule has 170 valence electrons. The summed E-state index contributed by atoms with van der Waals surface area (Å²) in [6, 6.07) is 0. The second-order valence-electron chi connectivity index (χ2n) is 8.74. The number of hydrogen-bond donors (Lipinski definition) is 0. The van der Waals surface area contributed by atoms with E-state index in [9.17, 15) is 4.79 Å². The van der Waals surface area contributed by atoms with Gasteiger partial charge in [0.05, 0.1) is 0 Å². The first-order valence-electron chi connectivity index (χ1n) is 11.6. The summed E-state index contributed by atoms with van der Waals surface area (Å²) >= 11 is 0.770. The second-order valence-corrected chi connectivity index (χ2v) is 16.3.